The molecule has 11 heteroatoms. The van der Waals surface area contributed by atoms with Crippen molar-refractivity contribution in [3.8, 4) is 11.6 Å². The second-order valence-electron chi connectivity index (χ2n) is 7.97. The first-order chi connectivity index (χ1) is 17.3. The fourth-order valence-electron chi connectivity index (χ4n) is 3.84. The highest BCUT2D eigenvalue weighted by molar-refractivity contribution is 6.29. The summed E-state index contributed by atoms with van der Waals surface area (Å²) in [6.45, 7) is 5.77. The van der Waals surface area contributed by atoms with E-state index >= 15 is 0 Å². The van der Waals surface area contributed by atoms with Gasteiger partial charge in [0, 0.05) is 30.6 Å². The van der Waals surface area contributed by atoms with Crippen molar-refractivity contribution in [2.75, 3.05) is 12.4 Å². The number of carbonyl (C=O) groups excluding carboxylic acids is 1. The zero-order chi connectivity index (χ0) is 25.8. The summed E-state index contributed by atoms with van der Waals surface area (Å²) in [5.41, 5.74) is 5.68. The van der Waals surface area contributed by atoms with E-state index in [1.165, 1.54) is 7.05 Å². The van der Waals surface area contributed by atoms with Gasteiger partial charge >= 0.3 is 6.47 Å². The van der Waals surface area contributed by atoms with E-state index in [-0.39, 0.29) is 28.9 Å². The molecule has 1 unspecified atom stereocenters. The van der Waals surface area contributed by atoms with Gasteiger partial charge in [-0.15, -0.1) is 0 Å². The minimum absolute atomic E-state index is 0.152. The van der Waals surface area contributed by atoms with E-state index in [1.807, 2.05) is 19.9 Å². The average molecular weight is 507 g/mol. The van der Waals surface area contributed by atoms with Crippen LogP contribution in [0, 0.1) is 13.8 Å². The summed E-state index contributed by atoms with van der Waals surface area (Å²) in [4.78, 5) is 45.5. The molecule has 3 aromatic heterocycles. The van der Waals surface area contributed by atoms with Crippen LogP contribution in [0.2, 0.25) is 5.15 Å². The largest absolute Gasteiger partial charge is 0.452 e. The number of anilines is 1. The van der Waals surface area contributed by atoms with Gasteiger partial charge in [0.2, 0.25) is 0 Å². The molecule has 0 aliphatic heterocycles. The van der Waals surface area contributed by atoms with Crippen molar-refractivity contribution in [1.82, 2.24) is 20.4 Å². The summed E-state index contributed by atoms with van der Waals surface area (Å²) in [7, 11) is 1.52. The number of amidine groups is 1. The Morgan fingerprint density at radius 3 is 2.67 bits per heavy atom. The maximum absolute atomic E-state index is 13.3. The Balaban J connectivity index is 1.83. The molecule has 3 heterocycles. The van der Waals surface area contributed by atoms with Gasteiger partial charge in [-0.25, -0.2) is 15.0 Å². The maximum atomic E-state index is 13.3. The number of nitrogens with zero attached hydrogens (tertiary/aromatic N) is 4. The third-order valence-corrected chi connectivity index (χ3v) is 5.72. The summed E-state index contributed by atoms with van der Waals surface area (Å²) in [6, 6.07) is 8.44. The summed E-state index contributed by atoms with van der Waals surface area (Å²) >= 11 is 6.12. The summed E-state index contributed by atoms with van der Waals surface area (Å²) < 4.78 is 6.28. The van der Waals surface area contributed by atoms with E-state index in [9.17, 15) is 9.59 Å². The molecule has 0 aliphatic rings. The fourth-order valence-corrected chi connectivity index (χ4v) is 3.99. The number of nitrogens with one attached hydrogen (secondary N) is 2. The van der Waals surface area contributed by atoms with Crippen LogP contribution in [-0.2, 0) is 9.63 Å². The van der Waals surface area contributed by atoms with Crippen LogP contribution in [0.5, 0.6) is 0 Å². The molecule has 0 radical (unpaired) electrons. The smallest absolute Gasteiger partial charge is 0.320 e. The minimum atomic E-state index is -0.352. The number of pyridine rings is 1. The molecule has 36 heavy (non-hydrogen) atoms. The number of hydroxylamine groups is 1. The van der Waals surface area contributed by atoms with Crippen molar-refractivity contribution >= 4 is 40.6 Å². The molecule has 0 amide bonds. The first-order valence-corrected chi connectivity index (χ1v) is 11.3. The highest BCUT2D eigenvalue weighted by Crippen LogP contribution is 2.31. The number of rotatable bonds is 7. The monoisotopic (exact) mass is 506 g/mol. The number of halogens is 1. The Kier molecular flexibility index (Phi) is 7.25. The average Bonchev–Trinajstić information content (AvgIpc) is 2.88. The Bertz CT molecular complexity index is 1520. The van der Waals surface area contributed by atoms with Gasteiger partial charge in [0.1, 0.15) is 16.4 Å². The number of fused-ring (bicyclic) bond motifs is 1. The lowest BCUT2D eigenvalue weighted by atomic mass is 9.99. The standard InChI is InChI=1S/C25H23ClN6O4/c1-13-10-16(15(3)30-18-6-7-19(26)31-20(18)24(27-4)32-35-12-33)23-17(11-13)21(34)14(2)22(36-23)25-28-8-5-9-29-25/h5-12,15,30H,1-4H3,(H,27,32). The number of hydrogen-bond donors (Lipinski definition) is 2. The van der Waals surface area contributed by atoms with Crippen molar-refractivity contribution in [1.29, 1.82) is 0 Å². The van der Waals surface area contributed by atoms with Crippen molar-refractivity contribution in [2.24, 2.45) is 4.99 Å². The van der Waals surface area contributed by atoms with Crippen LogP contribution in [0.4, 0.5) is 5.69 Å². The normalized spacial score (nSPS) is 12.3. The minimum Gasteiger partial charge on any atom is -0.452 e. The Labute approximate surface area is 211 Å². The number of aryl methyl sites for hydroxylation is 1. The van der Waals surface area contributed by atoms with Gasteiger partial charge in [0.05, 0.1) is 17.1 Å². The Hall–Kier alpha value is -4.31. The van der Waals surface area contributed by atoms with Gasteiger partial charge < -0.3 is 14.6 Å². The molecule has 4 rings (SSSR count). The molecule has 0 bridgehead atoms. The SMILES string of the molecule is CN=C(NOC=O)c1nc(Cl)ccc1NC(C)c1cc(C)cc2c(=O)c(C)c(-c3ncccn3)oc12. The van der Waals surface area contributed by atoms with Crippen LogP contribution in [0.3, 0.4) is 0 Å². The molecule has 184 valence electrons. The topological polar surface area (TPSA) is 132 Å². The number of carbonyl (C=O) groups is 1. The second-order valence-corrected chi connectivity index (χ2v) is 8.36. The van der Waals surface area contributed by atoms with Crippen molar-refractivity contribution in [2.45, 2.75) is 26.8 Å². The number of hydrogen-bond acceptors (Lipinski definition) is 9. The van der Waals surface area contributed by atoms with Gasteiger partial charge in [0.15, 0.2) is 22.8 Å². The van der Waals surface area contributed by atoms with Crippen LogP contribution >= 0.6 is 11.6 Å². The molecule has 0 saturated carbocycles. The molecular weight excluding hydrogens is 484 g/mol. The fraction of sp³-hybridized carbons (Fsp3) is 0.200. The van der Waals surface area contributed by atoms with Crippen LogP contribution < -0.4 is 16.2 Å². The molecule has 0 saturated heterocycles. The number of aromatic nitrogens is 3. The molecular formula is C25H23ClN6O4. The van der Waals surface area contributed by atoms with Crippen LogP contribution in [-0.4, -0.2) is 34.3 Å². The van der Waals surface area contributed by atoms with E-state index in [1.54, 1.807) is 43.6 Å². The predicted molar refractivity (Wildman–Crippen MR) is 137 cm³/mol. The van der Waals surface area contributed by atoms with E-state index < -0.39 is 0 Å². The predicted octanol–water partition coefficient (Wildman–Crippen LogP) is 4.14. The third-order valence-electron chi connectivity index (χ3n) is 5.51. The summed E-state index contributed by atoms with van der Waals surface area (Å²) in [5.74, 6) is 0.837. The van der Waals surface area contributed by atoms with E-state index in [0.29, 0.717) is 39.5 Å². The first-order valence-electron chi connectivity index (χ1n) is 10.9. The summed E-state index contributed by atoms with van der Waals surface area (Å²) in [6.07, 6.45) is 3.19. The quantitative estimate of drug-likeness (QED) is 0.125. The molecule has 0 aliphatic carbocycles. The van der Waals surface area contributed by atoms with Gasteiger partial charge in [-0.05, 0) is 50.6 Å². The van der Waals surface area contributed by atoms with Gasteiger partial charge in [-0.3, -0.25) is 14.6 Å². The first kappa shape index (κ1) is 24.8. The van der Waals surface area contributed by atoms with Crippen molar-refractivity contribution in [3.63, 3.8) is 0 Å². The lowest BCUT2D eigenvalue weighted by Gasteiger charge is -2.20. The highest BCUT2D eigenvalue weighted by atomic mass is 35.5. The molecule has 10 nitrogen and oxygen atoms in total. The number of aliphatic imine (C=N–C) groups is 1. The highest BCUT2D eigenvalue weighted by Gasteiger charge is 2.21. The molecule has 4 aromatic rings. The molecule has 0 spiro atoms. The zero-order valence-electron chi connectivity index (χ0n) is 20.0. The Morgan fingerprint density at radius 1 is 1.22 bits per heavy atom. The summed E-state index contributed by atoms with van der Waals surface area (Å²) in [5, 5.41) is 4.07. The van der Waals surface area contributed by atoms with Crippen LogP contribution in [0.1, 0.15) is 35.3 Å². The second kappa shape index (κ2) is 10.5. The van der Waals surface area contributed by atoms with Crippen LogP contribution in [0.15, 0.2) is 56.9 Å². The lowest BCUT2D eigenvalue weighted by Crippen LogP contribution is -2.27. The van der Waals surface area contributed by atoms with Crippen molar-refractivity contribution in [3.05, 3.63) is 80.5 Å². The van der Waals surface area contributed by atoms with Gasteiger partial charge in [0.25, 0.3) is 0 Å². The van der Waals surface area contributed by atoms with Gasteiger partial charge in [-0.2, -0.15) is 5.48 Å². The van der Waals surface area contributed by atoms with Gasteiger partial charge in [-0.1, -0.05) is 17.7 Å². The van der Waals surface area contributed by atoms with E-state index in [0.717, 1.165) is 11.1 Å². The van der Waals surface area contributed by atoms with E-state index in [2.05, 4.69) is 35.6 Å². The van der Waals surface area contributed by atoms with Crippen LogP contribution in [0.25, 0.3) is 22.6 Å². The zero-order valence-corrected chi connectivity index (χ0v) is 20.8. The number of benzene rings is 1. The third kappa shape index (κ3) is 4.89. The molecule has 1 atom stereocenters. The van der Waals surface area contributed by atoms with Crippen molar-refractivity contribution < 1.29 is 14.0 Å². The maximum Gasteiger partial charge on any atom is 0.320 e. The lowest BCUT2D eigenvalue weighted by molar-refractivity contribution is -0.132. The molecule has 1 aromatic carbocycles. The Morgan fingerprint density at radius 2 is 1.97 bits per heavy atom. The van der Waals surface area contributed by atoms with E-state index in [4.69, 9.17) is 16.0 Å². The molecule has 0 fully saturated rings. The molecule has 2 N–H and O–H groups in total.